The summed E-state index contributed by atoms with van der Waals surface area (Å²) in [4.78, 5) is 2.96. The molecule has 1 aliphatic rings. The summed E-state index contributed by atoms with van der Waals surface area (Å²) in [5.41, 5.74) is 4.18. The first-order valence-corrected chi connectivity index (χ1v) is 7.86. The van der Waals surface area contributed by atoms with E-state index in [4.69, 9.17) is 0 Å². The van der Waals surface area contributed by atoms with Crippen molar-refractivity contribution in [1.29, 1.82) is 0 Å². The van der Waals surface area contributed by atoms with Crippen LogP contribution < -0.4 is 5.32 Å². The first-order chi connectivity index (χ1) is 8.65. The van der Waals surface area contributed by atoms with Gasteiger partial charge in [-0.15, -0.1) is 11.3 Å². The third kappa shape index (κ3) is 2.15. The lowest BCUT2D eigenvalue weighted by atomic mass is 10.0. The summed E-state index contributed by atoms with van der Waals surface area (Å²) in [6.45, 7) is 6.61. The molecule has 0 bridgehead atoms. The van der Waals surface area contributed by atoms with Crippen LogP contribution in [0.15, 0.2) is 28.7 Å². The van der Waals surface area contributed by atoms with Gasteiger partial charge in [0.2, 0.25) is 0 Å². The zero-order chi connectivity index (χ0) is 12.7. The maximum absolute atomic E-state index is 3.53. The smallest absolute Gasteiger partial charge is 0.0351 e. The maximum atomic E-state index is 3.53. The molecule has 1 nitrogen and oxygen atoms in total. The monoisotopic (exact) mass is 321 g/mol. The molecular formula is C15H16BrNS. The van der Waals surface area contributed by atoms with E-state index in [1.165, 1.54) is 21.6 Å². The molecule has 0 fully saturated rings. The third-order valence-electron chi connectivity index (χ3n) is 3.51. The molecule has 1 atom stereocenters. The van der Waals surface area contributed by atoms with E-state index < -0.39 is 0 Å². The minimum Gasteiger partial charge on any atom is -0.312 e. The largest absolute Gasteiger partial charge is 0.312 e. The molecule has 0 saturated heterocycles. The Morgan fingerprint density at radius 2 is 2.17 bits per heavy atom. The topological polar surface area (TPSA) is 12.0 Å². The van der Waals surface area contributed by atoms with Crippen molar-refractivity contribution in [2.24, 2.45) is 0 Å². The molecular weight excluding hydrogens is 306 g/mol. The zero-order valence-corrected chi connectivity index (χ0v) is 13.0. The van der Waals surface area contributed by atoms with Gasteiger partial charge in [-0.2, -0.15) is 0 Å². The van der Waals surface area contributed by atoms with Crippen molar-refractivity contribution in [3.8, 4) is 10.4 Å². The van der Waals surface area contributed by atoms with Gasteiger partial charge in [0.1, 0.15) is 0 Å². The Hall–Kier alpha value is -0.640. The van der Waals surface area contributed by atoms with Crippen molar-refractivity contribution in [3.05, 3.63) is 44.7 Å². The van der Waals surface area contributed by atoms with Gasteiger partial charge in [-0.05, 0) is 41.8 Å². The van der Waals surface area contributed by atoms with Crippen LogP contribution in [0.4, 0.5) is 0 Å². The average Bonchev–Trinajstić information content (AvgIpc) is 2.74. The number of aryl methyl sites for hydroxylation is 1. The molecule has 94 valence electrons. The van der Waals surface area contributed by atoms with E-state index in [-0.39, 0.29) is 0 Å². The Bertz CT molecular complexity index is 588. The molecule has 3 rings (SSSR count). The van der Waals surface area contributed by atoms with Gasteiger partial charge in [0.05, 0.1) is 0 Å². The summed E-state index contributed by atoms with van der Waals surface area (Å²) < 4.78 is 1.15. The van der Waals surface area contributed by atoms with Crippen LogP contribution in [0.2, 0.25) is 0 Å². The molecule has 18 heavy (non-hydrogen) atoms. The van der Waals surface area contributed by atoms with Crippen molar-refractivity contribution in [3.63, 3.8) is 0 Å². The second-order valence-corrected chi connectivity index (χ2v) is 6.99. The van der Waals surface area contributed by atoms with E-state index in [1.807, 2.05) is 11.3 Å². The van der Waals surface area contributed by atoms with E-state index in [0.29, 0.717) is 5.92 Å². The fourth-order valence-corrected chi connectivity index (χ4v) is 4.35. The number of hydrogen-bond donors (Lipinski definition) is 1. The molecule has 0 amide bonds. The average molecular weight is 322 g/mol. The van der Waals surface area contributed by atoms with Crippen LogP contribution in [0, 0.1) is 6.92 Å². The predicted molar refractivity (Wildman–Crippen MR) is 82.3 cm³/mol. The van der Waals surface area contributed by atoms with Crippen LogP contribution >= 0.6 is 27.3 Å². The van der Waals surface area contributed by atoms with Crippen molar-refractivity contribution >= 4 is 27.3 Å². The summed E-state index contributed by atoms with van der Waals surface area (Å²) in [5.74, 6) is 0.642. The molecule has 1 aliphatic heterocycles. The van der Waals surface area contributed by atoms with Crippen molar-refractivity contribution < 1.29 is 0 Å². The standard InChI is InChI=1S/C15H16BrNS/c1-9-5-12(16)3-4-13(9)14-6-11-8-17-7-10(2)15(11)18-14/h3-6,10,17H,7-8H2,1-2H3. The lowest BCUT2D eigenvalue weighted by molar-refractivity contribution is 0.581. The first kappa shape index (κ1) is 12.4. The quantitative estimate of drug-likeness (QED) is 0.803. The molecule has 1 N–H and O–H groups in total. The number of nitrogens with one attached hydrogen (secondary N) is 1. The van der Waals surface area contributed by atoms with Crippen molar-refractivity contribution in [2.45, 2.75) is 26.3 Å². The summed E-state index contributed by atoms with van der Waals surface area (Å²) in [7, 11) is 0. The molecule has 2 aromatic rings. The third-order valence-corrected chi connectivity index (χ3v) is 5.44. The Balaban J connectivity index is 2.07. The van der Waals surface area contributed by atoms with Crippen LogP contribution in [0.5, 0.6) is 0 Å². The van der Waals surface area contributed by atoms with Gasteiger partial charge in [-0.3, -0.25) is 0 Å². The Kier molecular flexibility index (Phi) is 3.31. The van der Waals surface area contributed by atoms with Gasteiger partial charge < -0.3 is 5.32 Å². The Morgan fingerprint density at radius 3 is 2.89 bits per heavy atom. The number of fused-ring (bicyclic) bond motifs is 1. The van der Waals surface area contributed by atoms with E-state index in [2.05, 4.69) is 59.4 Å². The highest BCUT2D eigenvalue weighted by atomic mass is 79.9. The summed E-state index contributed by atoms with van der Waals surface area (Å²) >= 11 is 5.49. The van der Waals surface area contributed by atoms with Crippen LogP contribution in [0.3, 0.4) is 0 Å². The van der Waals surface area contributed by atoms with E-state index in [0.717, 1.165) is 17.6 Å². The maximum Gasteiger partial charge on any atom is 0.0351 e. The number of hydrogen-bond acceptors (Lipinski definition) is 2. The van der Waals surface area contributed by atoms with Crippen LogP contribution in [0.1, 0.15) is 28.8 Å². The van der Waals surface area contributed by atoms with Crippen LogP contribution in [-0.2, 0) is 6.54 Å². The fraction of sp³-hybridized carbons (Fsp3) is 0.333. The van der Waals surface area contributed by atoms with Crippen LogP contribution in [-0.4, -0.2) is 6.54 Å². The van der Waals surface area contributed by atoms with Gasteiger partial charge in [0.15, 0.2) is 0 Å². The lowest BCUT2D eigenvalue weighted by Gasteiger charge is -2.18. The Morgan fingerprint density at radius 1 is 1.33 bits per heavy atom. The van der Waals surface area contributed by atoms with Gasteiger partial charge in [-0.1, -0.05) is 28.9 Å². The number of benzene rings is 1. The molecule has 3 heteroatoms. The molecule has 1 aromatic heterocycles. The minimum atomic E-state index is 0.642. The second kappa shape index (κ2) is 4.80. The van der Waals surface area contributed by atoms with E-state index >= 15 is 0 Å². The molecule has 1 aromatic carbocycles. The highest BCUT2D eigenvalue weighted by molar-refractivity contribution is 9.10. The molecule has 0 aliphatic carbocycles. The fourth-order valence-electron chi connectivity index (χ4n) is 2.55. The molecule has 1 unspecified atom stereocenters. The molecule has 0 radical (unpaired) electrons. The normalized spacial score (nSPS) is 18.7. The molecule has 2 heterocycles. The van der Waals surface area contributed by atoms with E-state index in [9.17, 15) is 0 Å². The summed E-state index contributed by atoms with van der Waals surface area (Å²) in [6.07, 6.45) is 0. The van der Waals surface area contributed by atoms with Crippen molar-refractivity contribution in [2.75, 3.05) is 6.54 Å². The number of rotatable bonds is 1. The zero-order valence-electron chi connectivity index (χ0n) is 10.6. The van der Waals surface area contributed by atoms with Gasteiger partial charge in [0.25, 0.3) is 0 Å². The van der Waals surface area contributed by atoms with Crippen LogP contribution in [0.25, 0.3) is 10.4 Å². The highest BCUT2D eigenvalue weighted by Crippen LogP contribution is 2.38. The number of halogens is 1. The highest BCUT2D eigenvalue weighted by Gasteiger charge is 2.20. The minimum absolute atomic E-state index is 0.642. The summed E-state index contributed by atoms with van der Waals surface area (Å²) in [5, 5.41) is 3.48. The SMILES string of the molecule is Cc1cc(Br)ccc1-c1cc2c(s1)C(C)CNC2. The van der Waals surface area contributed by atoms with Gasteiger partial charge in [-0.25, -0.2) is 0 Å². The van der Waals surface area contributed by atoms with E-state index in [1.54, 1.807) is 4.88 Å². The second-order valence-electron chi connectivity index (χ2n) is 4.99. The van der Waals surface area contributed by atoms with Gasteiger partial charge in [0, 0.05) is 33.2 Å². The first-order valence-electron chi connectivity index (χ1n) is 6.25. The van der Waals surface area contributed by atoms with Crippen molar-refractivity contribution in [1.82, 2.24) is 5.32 Å². The summed E-state index contributed by atoms with van der Waals surface area (Å²) in [6, 6.07) is 8.89. The lowest BCUT2D eigenvalue weighted by Crippen LogP contribution is -2.24. The molecule has 0 saturated carbocycles. The number of thiophene rings is 1. The van der Waals surface area contributed by atoms with Gasteiger partial charge >= 0.3 is 0 Å². The predicted octanol–water partition coefficient (Wildman–Crippen LogP) is 4.69. The Labute approximate surface area is 120 Å². The molecule has 0 spiro atoms.